The van der Waals surface area contributed by atoms with E-state index in [1.165, 1.54) is 6.42 Å². The normalized spacial score (nSPS) is 22.1. The average Bonchev–Trinajstić information content (AvgIpc) is 2.03. The number of nitrogens with zero attached hydrogens (tertiary/aromatic N) is 1. The summed E-state index contributed by atoms with van der Waals surface area (Å²) in [6.45, 7) is 2.45. The van der Waals surface area contributed by atoms with Gasteiger partial charge in [0.05, 0.1) is 19.5 Å². The minimum atomic E-state index is -0.747. The Morgan fingerprint density at radius 3 is 2.42 bits per heavy atom. The molecule has 1 aliphatic rings. The minimum Gasteiger partial charge on any atom is -0.481 e. The Kier molecular flexibility index (Phi) is 3.05. The van der Waals surface area contributed by atoms with Gasteiger partial charge in [-0.3, -0.25) is 4.79 Å². The second-order valence-corrected chi connectivity index (χ2v) is 3.59. The molecular formula is C8H17N2O2+. The van der Waals surface area contributed by atoms with Gasteiger partial charge in [0.1, 0.15) is 6.54 Å². The molecule has 4 heteroatoms. The number of piperidine rings is 1. The molecule has 0 unspecified atom stereocenters. The van der Waals surface area contributed by atoms with Crippen LogP contribution in [0.1, 0.15) is 25.7 Å². The van der Waals surface area contributed by atoms with Gasteiger partial charge >= 0.3 is 5.97 Å². The minimum absolute atomic E-state index is 0.191. The summed E-state index contributed by atoms with van der Waals surface area (Å²) < 4.78 is 0.465. The van der Waals surface area contributed by atoms with E-state index in [4.69, 9.17) is 10.9 Å². The first-order chi connectivity index (χ1) is 5.62. The van der Waals surface area contributed by atoms with E-state index >= 15 is 0 Å². The first kappa shape index (κ1) is 9.48. The third kappa shape index (κ3) is 2.79. The molecule has 1 saturated heterocycles. The molecule has 12 heavy (non-hydrogen) atoms. The number of carbonyl (C=O) groups is 1. The van der Waals surface area contributed by atoms with Gasteiger partial charge in [-0.1, -0.05) is 0 Å². The molecule has 0 radical (unpaired) electrons. The molecule has 0 aliphatic carbocycles. The highest BCUT2D eigenvalue weighted by Gasteiger charge is 2.26. The molecule has 70 valence electrons. The van der Waals surface area contributed by atoms with Crippen molar-refractivity contribution in [1.29, 1.82) is 0 Å². The maximum absolute atomic E-state index is 10.3. The summed E-state index contributed by atoms with van der Waals surface area (Å²) in [6.07, 6.45) is 3.70. The molecule has 0 spiro atoms. The Bertz CT molecular complexity index is 164. The number of nitrogens with two attached hydrogens (primary N) is 1. The van der Waals surface area contributed by atoms with Crippen molar-refractivity contribution < 1.29 is 14.5 Å². The fraction of sp³-hybridized carbons (Fsp3) is 0.875. The van der Waals surface area contributed by atoms with Crippen LogP contribution >= 0.6 is 0 Å². The van der Waals surface area contributed by atoms with E-state index in [0.717, 1.165) is 25.9 Å². The van der Waals surface area contributed by atoms with E-state index in [2.05, 4.69) is 0 Å². The summed E-state index contributed by atoms with van der Waals surface area (Å²) in [5.74, 6) is 5.23. The monoisotopic (exact) mass is 173 g/mol. The summed E-state index contributed by atoms with van der Waals surface area (Å²) in [6, 6.07) is 0. The van der Waals surface area contributed by atoms with E-state index in [-0.39, 0.29) is 6.42 Å². The number of carboxylic acids is 1. The lowest BCUT2D eigenvalue weighted by atomic mass is 10.1. The summed E-state index contributed by atoms with van der Waals surface area (Å²) >= 11 is 0. The molecule has 1 fully saturated rings. The number of aliphatic carboxylic acids is 1. The van der Waals surface area contributed by atoms with Crippen molar-refractivity contribution in [3.05, 3.63) is 0 Å². The first-order valence-electron chi connectivity index (χ1n) is 4.49. The van der Waals surface area contributed by atoms with Crippen LogP contribution in [0.2, 0.25) is 0 Å². The summed E-state index contributed by atoms with van der Waals surface area (Å²) in [7, 11) is 0. The standard InChI is InChI=1S/C8H16N2O2/c9-10(7-4-8(11)12)5-2-1-3-6-10/h1-7,9H2/p+1. The number of hydrogen-bond acceptors (Lipinski definition) is 2. The van der Waals surface area contributed by atoms with Gasteiger partial charge in [-0.15, -0.1) is 0 Å². The van der Waals surface area contributed by atoms with Crippen LogP contribution in [-0.2, 0) is 4.79 Å². The zero-order valence-corrected chi connectivity index (χ0v) is 7.33. The molecule has 0 aromatic rings. The van der Waals surface area contributed by atoms with Crippen LogP contribution in [0.25, 0.3) is 0 Å². The lowest BCUT2D eigenvalue weighted by Crippen LogP contribution is -2.58. The maximum Gasteiger partial charge on any atom is 0.309 e. The zero-order valence-electron chi connectivity index (χ0n) is 7.33. The Morgan fingerprint density at radius 2 is 1.92 bits per heavy atom. The fourth-order valence-corrected chi connectivity index (χ4v) is 1.68. The van der Waals surface area contributed by atoms with E-state index in [1.54, 1.807) is 0 Å². The molecular weight excluding hydrogens is 156 g/mol. The molecule has 0 bridgehead atoms. The van der Waals surface area contributed by atoms with Gasteiger partial charge in [0.15, 0.2) is 0 Å². The Labute approximate surface area is 72.5 Å². The van der Waals surface area contributed by atoms with E-state index in [9.17, 15) is 4.79 Å². The molecule has 0 aromatic heterocycles. The van der Waals surface area contributed by atoms with E-state index < -0.39 is 5.97 Å². The summed E-state index contributed by atoms with van der Waals surface area (Å²) in [5, 5.41) is 8.49. The molecule has 3 N–H and O–H groups in total. The van der Waals surface area contributed by atoms with Crippen molar-refractivity contribution in [2.24, 2.45) is 5.84 Å². The van der Waals surface area contributed by atoms with Crippen LogP contribution in [0, 0.1) is 0 Å². The summed E-state index contributed by atoms with van der Waals surface area (Å²) in [4.78, 5) is 10.3. The quantitative estimate of drug-likeness (QED) is 0.477. The number of carboxylic acid groups (broad SMARTS) is 1. The van der Waals surface area contributed by atoms with Gasteiger partial charge < -0.3 is 5.11 Å². The maximum atomic E-state index is 10.3. The van der Waals surface area contributed by atoms with Crippen LogP contribution in [-0.4, -0.2) is 35.3 Å². The highest BCUT2D eigenvalue weighted by Crippen LogP contribution is 2.13. The highest BCUT2D eigenvalue weighted by atomic mass is 16.4. The van der Waals surface area contributed by atoms with Crippen LogP contribution in [0.4, 0.5) is 0 Å². The van der Waals surface area contributed by atoms with Crippen molar-refractivity contribution in [2.45, 2.75) is 25.7 Å². The van der Waals surface area contributed by atoms with Gasteiger partial charge in [-0.05, 0) is 19.3 Å². The molecule has 0 atom stereocenters. The number of rotatable bonds is 3. The van der Waals surface area contributed by atoms with Gasteiger partial charge in [-0.2, -0.15) is 5.84 Å². The van der Waals surface area contributed by atoms with E-state index in [1.807, 2.05) is 0 Å². The van der Waals surface area contributed by atoms with Gasteiger partial charge in [0.25, 0.3) is 0 Å². The Balaban J connectivity index is 2.31. The lowest BCUT2D eigenvalue weighted by molar-refractivity contribution is -0.943. The van der Waals surface area contributed by atoms with Crippen LogP contribution in [0.5, 0.6) is 0 Å². The molecule has 0 saturated carbocycles. The SMILES string of the molecule is N[N+]1(CCC(=O)O)CCCCC1. The van der Waals surface area contributed by atoms with Gasteiger partial charge in [0, 0.05) is 0 Å². The Hall–Kier alpha value is -0.610. The summed E-state index contributed by atoms with van der Waals surface area (Å²) in [5.41, 5.74) is 0. The van der Waals surface area contributed by atoms with E-state index in [0.29, 0.717) is 11.1 Å². The zero-order chi connectivity index (χ0) is 9.03. The molecule has 1 aliphatic heterocycles. The second kappa shape index (κ2) is 3.87. The molecule has 1 rings (SSSR count). The van der Waals surface area contributed by atoms with Crippen molar-refractivity contribution in [2.75, 3.05) is 19.6 Å². The first-order valence-corrected chi connectivity index (χ1v) is 4.49. The fourth-order valence-electron chi connectivity index (χ4n) is 1.68. The van der Waals surface area contributed by atoms with Gasteiger partial charge in [-0.25, -0.2) is 4.59 Å². The van der Waals surface area contributed by atoms with Crippen molar-refractivity contribution in [3.63, 3.8) is 0 Å². The number of likely N-dealkylation sites (tertiary alicyclic amines) is 1. The van der Waals surface area contributed by atoms with Gasteiger partial charge in [0.2, 0.25) is 0 Å². The number of hydrogen-bond donors (Lipinski definition) is 2. The highest BCUT2D eigenvalue weighted by molar-refractivity contribution is 5.66. The third-order valence-corrected chi connectivity index (χ3v) is 2.48. The van der Waals surface area contributed by atoms with Crippen LogP contribution in [0.3, 0.4) is 0 Å². The predicted molar refractivity (Wildman–Crippen MR) is 45.2 cm³/mol. The molecule has 0 aromatic carbocycles. The van der Waals surface area contributed by atoms with Crippen molar-refractivity contribution in [1.82, 2.24) is 0 Å². The molecule has 0 amide bonds. The lowest BCUT2D eigenvalue weighted by Gasteiger charge is -2.35. The third-order valence-electron chi connectivity index (χ3n) is 2.48. The smallest absolute Gasteiger partial charge is 0.309 e. The van der Waals surface area contributed by atoms with Crippen molar-refractivity contribution >= 4 is 5.97 Å². The number of quaternary nitrogens is 1. The average molecular weight is 173 g/mol. The van der Waals surface area contributed by atoms with Crippen molar-refractivity contribution in [3.8, 4) is 0 Å². The molecule has 4 nitrogen and oxygen atoms in total. The topological polar surface area (TPSA) is 63.3 Å². The molecule has 1 heterocycles. The predicted octanol–water partition coefficient (Wildman–Crippen LogP) is 0.335. The van der Waals surface area contributed by atoms with Crippen LogP contribution < -0.4 is 5.84 Å². The second-order valence-electron chi connectivity index (χ2n) is 3.59. The van der Waals surface area contributed by atoms with Crippen LogP contribution in [0.15, 0.2) is 0 Å². The largest absolute Gasteiger partial charge is 0.481 e. The Morgan fingerprint density at radius 1 is 1.33 bits per heavy atom.